The molecule has 3 rings (SSSR count). The first-order valence-electron chi connectivity index (χ1n) is 8.40. The number of nitrogens with one attached hydrogen (secondary N) is 1. The number of nitrogens with zero attached hydrogens (tertiary/aromatic N) is 3. The maximum absolute atomic E-state index is 12.0. The van der Waals surface area contributed by atoms with Crippen molar-refractivity contribution in [3.8, 4) is 0 Å². The summed E-state index contributed by atoms with van der Waals surface area (Å²) in [4.78, 5) is 32.2. The van der Waals surface area contributed by atoms with Crippen molar-refractivity contribution in [2.45, 2.75) is 32.1 Å². The Labute approximate surface area is 140 Å². The van der Waals surface area contributed by atoms with Gasteiger partial charge in [-0.25, -0.2) is 4.98 Å². The molecule has 2 aliphatic rings. The average Bonchev–Trinajstić information content (AvgIpc) is 3.04. The normalized spacial score (nSPS) is 20.7. The Hall–Kier alpha value is -1.47. The van der Waals surface area contributed by atoms with Gasteiger partial charge in [0.1, 0.15) is 0 Å². The molecule has 1 aromatic rings. The number of rotatable bonds is 5. The fourth-order valence-electron chi connectivity index (χ4n) is 3.34. The van der Waals surface area contributed by atoms with Gasteiger partial charge < -0.3 is 10.2 Å². The molecule has 126 valence electrons. The van der Waals surface area contributed by atoms with Crippen molar-refractivity contribution in [1.29, 1.82) is 0 Å². The Kier molecular flexibility index (Phi) is 5.61. The van der Waals surface area contributed by atoms with Crippen LogP contribution in [-0.2, 0) is 9.59 Å². The molecule has 0 saturated carbocycles. The summed E-state index contributed by atoms with van der Waals surface area (Å²) in [6, 6.07) is 0. The van der Waals surface area contributed by atoms with E-state index in [0.717, 1.165) is 58.3 Å². The Balaban J connectivity index is 1.38. The van der Waals surface area contributed by atoms with Gasteiger partial charge in [-0.1, -0.05) is 0 Å². The fourth-order valence-corrected chi connectivity index (χ4v) is 3.89. The Bertz CT molecular complexity index is 526. The van der Waals surface area contributed by atoms with Crippen LogP contribution in [0.15, 0.2) is 11.6 Å². The van der Waals surface area contributed by atoms with Crippen LogP contribution in [0.2, 0.25) is 0 Å². The first-order chi connectivity index (χ1) is 11.2. The topological polar surface area (TPSA) is 65.5 Å². The molecule has 7 heteroatoms. The summed E-state index contributed by atoms with van der Waals surface area (Å²) in [7, 11) is 0. The van der Waals surface area contributed by atoms with Gasteiger partial charge in [0.2, 0.25) is 11.8 Å². The minimum Gasteiger partial charge on any atom is -0.342 e. The van der Waals surface area contributed by atoms with E-state index in [1.165, 1.54) is 11.3 Å². The molecule has 1 aromatic heterocycles. The molecule has 0 aliphatic carbocycles. The van der Waals surface area contributed by atoms with Gasteiger partial charge >= 0.3 is 0 Å². The lowest BCUT2D eigenvalue weighted by Crippen LogP contribution is -2.44. The van der Waals surface area contributed by atoms with Crippen molar-refractivity contribution >= 4 is 28.3 Å². The van der Waals surface area contributed by atoms with Crippen molar-refractivity contribution in [2.24, 2.45) is 5.92 Å². The maximum atomic E-state index is 12.0. The molecule has 0 unspecified atom stereocenters. The van der Waals surface area contributed by atoms with Crippen LogP contribution in [0.1, 0.15) is 32.1 Å². The summed E-state index contributed by atoms with van der Waals surface area (Å²) >= 11 is 1.43. The molecular weight excluding hydrogens is 312 g/mol. The Morgan fingerprint density at radius 1 is 1.30 bits per heavy atom. The van der Waals surface area contributed by atoms with Crippen molar-refractivity contribution in [3.63, 3.8) is 0 Å². The molecule has 6 nitrogen and oxygen atoms in total. The number of aromatic nitrogens is 1. The van der Waals surface area contributed by atoms with Gasteiger partial charge in [0, 0.05) is 31.1 Å². The van der Waals surface area contributed by atoms with Crippen molar-refractivity contribution in [1.82, 2.24) is 14.8 Å². The van der Waals surface area contributed by atoms with Crippen molar-refractivity contribution < 1.29 is 9.59 Å². The molecule has 0 aromatic carbocycles. The van der Waals surface area contributed by atoms with E-state index in [1.54, 1.807) is 6.20 Å². The van der Waals surface area contributed by atoms with E-state index in [0.29, 0.717) is 23.5 Å². The second-order valence-corrected chi connectivity index (χ2v) is 7.30. The SMILES string of the molecule is O=C(CN1CCC(CN2CCCCC2=O)CC1)Nc1nccs1. The number of anilines is 1. The molecule has 0 radical (unpaired) electrons. The van der Waals surface area contributed by atoms with Crippen LogP contribution in [0.4, 0.5) is 5.13 Å². The van der Waals surface area contributed by atoms with Gasteiger partial charge in [0.05, 0.1) is 6.54 Å². The number of hydrogen-bond donors (Lipinski definition) is 1. The van der Waals surface area contributed by atoms with Crippen molar-refractivity contribution in [3.05, 3.63) is 11.6 Å². The predicted octanol–water partition coefficient (Wildman–Crippen LogP) is 1.81. The number of thiazole rings is 1. The third-order valence-corrected chi connectivity index (χ3v) is 5.34. The second kappa shape index (κ2) is 7.88. The van der Waals surface area contributed by atoms with Crippen LogP contribution in [0.5, 0.6) is 0 Å². The third kappa shape index (κ3) is 4.75. The zero-order valence-corrected chi connectivity index (χ0v) is 14.2. The standard InChI is InChI=1S/C16H24N4O2S/c21-14(18-16-17-6-10-23-16)12-19-8-4-13(5-9-19)11-20-7-2-1-3-15(20)22/h6,10,13H,1-5,7-9,11-12H2,(H,17,18,21). The maximum Gasteiger partial charge on any atom is 0.240 e. The highest BCUT2D eigenvalue weighted by Crippen LogP contribution is 2.21. The molecule has 0 spiro atoms. The number of carbonyl (C=O) groups is 2. The van der Waals surface area contributed by atoms with Gasteiger partial charge in [0.25, 0.3) is 0 Å². The molecule has 0 bridgehead atoms. The van der Waals surface area contributed by atoms with Crippen LogP contribution in [0, 0.1) is 5.92 Å². The Morgan fingerprint density at radius 3 is 2.83 bits per heavy atom. The third-order valence-electron chi connectivity index (χ3n) is 4.65. The largest absolute Gasteiger partial charge is 0.342 e. The van der Waals surface area contributed by atoms with Crippen LogP contribution >= 0.6 is 11.3 Å². The minimum atomic E-state index is 0.00427. The fraction of sp³-hybridized carbons (Fsp3) is 0.688. The average molecular weight is 336 g/mol. The van der Waals surface area contributed by atoms with Gasteiger partial charge in [-0.2, -0.15) is 0 Å². The van der Waals surface area contributed by atoms with E-state index < -0.39 is 0 Å². The summed E-state index contributed by atoms with van der Waals surface area (Å²) in [5, 5.41) is 5.34. The minimum absolute atomic E-state index is 0.00427. The van der Waals surface area contributed by atoms with Gasteiger partial charge in [-0.3, -0.25) is 14.5 Å². The molecule has 2 saturated heterocycles. The lowest BCUT2D eigenvalue weighted by molar-refractivity contribution is -0.134. The lowest BCUT2D eigenvalue weighted by Gasteiger charge is -2.35. The summed E-state index contributed by atoms with van der Waals surface area (Å²) in [6.45, 7) is 4.11. The molecule has 23 heavy (non-hydrogen) atoms. The van der Waals surface area contributed by atoms with Crippen LogP contribution in [0.3, 0.4) is 0 Å². The highest BCUT2D eigenvalue weighted by atomic mass is 32.1. The number of piperidine rings is 2. The first-order valence-corrected chi connectivity index (χ1v) is 9.28. The number of hydrogen-bond acceptors (Lipinski definition) is 5. The van der Waals surface area contributed by atoms with Gasteiger partial charge in [-0.05, 0) is 44.7 Å². The zero-order chi connectivity index (χ0) is 16.1. The molecule has 2 amide bonds. The van der Waals surface area contributed by atoms with E-state index in [1.807, 2.05) is 10.3 Å². The predicted molar refractivity (Wildman–Crippen MR) is 90.3 cm³/mol. The molecule has 2 fully saturated rings. The summed E-state index contributed by atoms with van der Waals surface area (Å²) in [5.74, 6) is 0.904. The molecule has 3 heterocycles. The van der Waals surface area contributed by atoms with Crippen LogP contribution in [0.25, 0.3) is 0 Å². The molecular formula is C16H24N4O2S. The van der Waals surface area contributed by atoms with Crippen molar-refractivity contribution in [2.75, 3.05) is 38.0 Å². The second-order valence-electron chi connectivity index (χ2n) is 6.40. The first kappa shape index (κ1) is 16.4. The molecule has 0 atom stereocenters. The van der Waals surface area contributed by atoms with E-state index in [4.69, 9.17) is 0 Å². The van der Waals surface area contributed by atoms with Gasteiger partial charge in [0.15, 0.2) is 5.13 Å². The molecule has 1 N–H and O–H groups in total. The van der Waals surface area contributed by atoms with E-state index >= 15 is 0 Å². The Morgan fingerprint density at radius 2 is 2.13 bits per heavy atom. The quantitative estimate of drug-likeness (QED) is 0.890. The van der Waals surface area contributed by atoms with E-state index in [-0.39, 0.29) is 5.91 Å². The number of carbonyl (C=O) groups excluding carboxylic acids is 2. The highest BCUT2D eigenvalue weighted by Gasteiger charge is 2.25. The highest BCUT2D eigenvalue weighted by molar-refractivity contribution is 7.13. The van der Waals surface area contributed by atoms with E-state index in [2.05, 4.69) is 15.2 Å². The summed E-state index contributed by atoms with van der Waals surface area (Å²) in [6.07, 6.45) is 6.72. The van der Waals surface area contributed by atoms with E-state index in [9.17, 15) is 9.59 Å². The summed E-state index contributed by atoms with van der Waals surface area (Å²) < 4.78 is 0. The smallest absolute Gasteiger partial charge is 0.240 e. The zero-order valence-electron chi connectivity index (χ0n) is 13.4. The van der Waals surface area contributed by atoms with Gasteiger partial charge in [-0.15, -0.1) is 11.3 Å². The molecule has 2 aliphatic heterocycles. The number of likely N-dealkylation sites (tertiary alicyclic amines) is 2. The number of amides is 2. The summed E-state index contributed by atoms with van der Waals surface area (Å²) in [5.41, 5.74) is 0. The monoisotopic (exact) mass is 336 g/mol. The van der Waals surface area contributed by atoms with Crippen LogP contribution in [-0.4, -0.2) is 59.3 Å². The van der Waals surface area contributed by atoms with Crippen LogP contribution < -0.4 is 5.32 Å². The lowest BCUT2D eigenvalue weighted by atomic mass is 9.95.